The van der Waals surface area contributed by atoms with Crippen LogP contribution in [0.5, 0.6) is 6.01 Å². The quantitative estimate of drug-likeness (QED) is 0.147. The molecule has 5 heterocycles. The number of nitrogens with one attached hydrogen (secondary N) is 3. The van der Waals surface area contributed by atoms with Gasteiger partial charge in [-0.3, -0.25) is 9.69 Å². The summed E-state index contributed by atoms with van der Waals surface area (Å²) in [7, 11) is 3.85. The van der Waals surface area contributed by atoms with E-state index in [2.05, 4.69) is 45.4 Å². The van der Waals surface area contributed by atoms with E-state index in [0.29, 0.717) is 44.0 Å². The van der Waals surface area contributed by atoms with Crippen molar-refractivity contribution in [1.29, 1.82) is 0 Å². The molecular formula is C33H41FN12O2. The van der Waals surface area contributed by atoms with Gasteiger partial charge >= 0.3 is 6.01 Å². The van der Waals surface area contributed by atoms with E-state index < -0.39 is 5.82 Å². The molecule has 6 rings (SSSR count). The molecule has 0 spiro atoms. The maximum atomic E-state index is 14.5. The summed E-state index contributed by atoms with van der Waals surface area (Å²) in [5, 5.41) is 6.96. The van der Waals surface area contributed by atoms with Crippen LogP contribution in [0, 0.1) is 12.7 Å². The lowest BCUT2D eigenvalue weighted by Crippen LogP contribution is -2.45. The molecule has 2 aliphatic heterocycles. The number of carbonyl (C=O) groups is 1. The van der Waals surface area contributed by atoms with Crippen LogP contribution in [0.3, 0.4) is 0 Å². The molecule has 3 aromatic heterocycles. The molecule has 1 atom stereocenters. The molecule has 14 nitrogen and oxygen atoms in total. The van der Waals surface area contributed by atoms with Gasteiger partial charge in [0.2, 0.25) is 5.91 Å². The molecular weight excluding hydrogens is 615 g/mol. The van der Waals surface area contributed by atoms with Crippen molar-refractivity contribution in [3.05, 3.63) is 59.9 Å². The van der Waals surface area contributed by atoms with Gasteiger partial charge in [-0.25, -0.2) is 19.3 Å². The summed E-state index contributed by atoms with van der Waals surface area (Å²) in [4.78, 5) is 44.5. The van der Waals surface area contributed by atoms with Crippen LogP contribution in [0.2, 0.25) is 0 Å². The van der Waals surface area contributed by atoms with Crippen LogP contribution in [-0.2, 0) is 4.79 Å². The molecule has 0 aliphatic carbocycles. The van der Waals surface area contributed by atoms with Gasteiger partial charge in [-0.1, -0.05) is 12.1 Å². The number of H-pyrrole nitrogens is 1. The second-order valence-electron chi connectivity index (χ2n) is 12.2. The zero-order valence-corrected chi connectivity index (χ0v) is 27.6. The molecule has 2 fully saturated rings. The average Bonchev–Trinajstić information content (AvgIpc) is 3.70. The first-order valence-electron chi connectivity index (χ1n) is 16.0. The number of hydrogen-bond acceptors (Lipinski definition) is 11. The van der Waals surface area contributed by atoms with E-state index in [-0.39, 0.29) is 42.2 Å². The number of nitrogens with two attached hydrogens (primary N) is 1. The Morgan fingerprint density at radius 1 is 1.19 bits per heavy atom. The molecule has 15 heteroatoms. The average molecular weight is 657 g/mol. The number of hydrogen-bond donors (Lipinski definition) is 4. The summed E-state index contributed by atoms with van der Waals surface area (Å²) < 4.78 is 20.6. The van der Waals surface area contributed by atoms with Crippen molar-refractivity contribution in [2.24, 2.45) is 10.7 Å². The third kappa shape index (κ3) is 7.52. The Bertz CT molecular complexity index is 1850. The van der Waals surface area contributed by atoms with E-state index in [1.54, 1.807) is 12.3 Å². The summed E-state index contributed by atoms with van der Waals surface area (Å²) in [6.07, 6.45) is 6.96. The van der Waals surface area contributed by atoms with Gasteiger partial charge in [-0.05, 0) is 45.0 Å². The lowest BCUT2D eigenvalue weighted by atomic mass is 10.1. The summed E-state index contributed by atoms with van der Waals surface area (Å²) >= 11 is 0. The molecule has 4 aromatic rings. The standard InChI is InChI=1S/C33H41FN12O2/c1-20-15-38-32(41-27(35)14-21(2)36-3)42-29(20)24-16-37-30-23(24)6-5-7-26(30)40-28(47)19-45-9-8-22(18-45)48-33-39-17-25(34)31(43-33)46-12-10-44(4)11-13-46/h5-7,14-17,22,36-37H,8-13,18-19H2,1-4H3,(H,40,47)(H2,35,38,41,42)/b21-14-. The number of anilines is 2. The molecule has 2 aliphatic rings. The number of para-hydroxylation sites is 1. The minimum Gasteiger partial charge on any atom is -0.459 e. The highest BCUT2D eigenvalue weighted by atomic mass is 19.1. The van der Waals surface area contributed by atoms with Gasteiger partial charge in [0.15, 0.2) is 11.6 Å². The fourth-order valence-electron chi connectivity index (χ4n) is 5.87. The highest BCUT2D eigenvalue weighted by Gasteiger charge is 2.28. The SMILES string of the molecule is CN/C(C)=C\C(N)=N/c1ncc(C)c(-c2c[nH]c3c(NC(=O)CN4CCC(Oc5ncc(F)c(N6CCN(C)CC6)n5)C4)cccc23)n1. The van der Waals surface area contributed by atoms with Gasteiger partial charge in [0, 0.05) is 75.4 Å². The number of ether oxygens (including phenoxy) is 1. The molecule has 5 N–H and O–H groups in total. The predicted octanol–water partition coefficient (Wildman–Crippen LogP) is 2.82. The van der Waals surface area contributed by atoms with E-state index in [9.17, 15) is 9.18 Å². The fourth-order valence-corrected chi connectivity index (χ4v) is 5.87. The summed E-state index contributed by atoms with van der Waals surface area (Å²) in [5.41, 5.74) is 10.8. The molecule has 0 saturated carbocycles. The Morgan fingerprint density at radius 3 is 2.79 bits per heavy atom. The van der Waals surface area contributed by atoms with Crippen molar-refractivity contribution >= 4 is 40.1 Å². The molecule has 252 valence electrons. The highest BCUT2D eigenvalue weighted by Crippen LogP contribution is 2.33. The first-order chi connectivity index (χ1) is 23.2. The number of aryl methyl sites for hydroxylation is 1. The van der Waals surface area contributed by atoms with Crippen molar-refractivity contribution in [2.75, 3.05) is 70.1 Å². The largest absolute Gasteiger partial charge is 0.459 e. The van der Waals surface area contributed by atoms with Crippen molar-refractivity contribution in [3.63, 3.8) is 0 Å². The van der Waals surface area contributed by atoms with Crippen LogP contribution in [0.4, 0.5) is 21.8 Å². The first-order valence-corrected chi connectivity index (χ1v) is 16.0. The number of carbonyl (C=O) groups excluding carboxylic acids is 1. The predicted molar refractivity (Wildman–Crippen MR) is 184 cm³/mol. The first kappa shape index (κ1) is 32.8. The van der Waals surface area contributed by atoms with E-state index in [1.165, 1.54) is 6.20 Å². The zero-order chi connectivity index (χ0) is 33.8. The van der Waals surface area contributed by atoms with Gasteiger partial charge in [-0.15, -0.1) is 0 Å². The Hall–Kier alpha value is -5.15. The molecule has 1 unspecified atom stereocenters. The third-order valence-electron chi connectivity index (χ3n) is 8.57. The minimum absolute atomic E-state index is 0.148. The molecule has 1 amide bonds. The summed E-state index contributed by atoms with van der Waals surface area (Å²) in [5.74, 6) is 0.202. The Kier molecular flexibility index (Phi) is 9.77. The van der Waals surface area contributed by atoms with Crippen LogP contribution in [0.15, 0.2) is 53.6 Å². The number of aliphatic imine (C=N–C) groups is 1. The van der Waals surface area contributed by atoms with E-state index >= 15 is 0 Å². The van der Waals surface area contributed by atoms with Gasteiger partial charge in [-0.2, -0.15) is 9.98 Å². The number of amidine groups is 1. The topological polar surface area (TPSA) is 166 Å². The van der Waals surface area contributed by atoms with Crippen LogP contribution >= 0.6 is 0 Å². The van der Waals surface area contributed by atoms with Gasteiger partial charge in [0.25, 0.3) is 5.95 Å². The van der Waals surface area contributed by atoms with Crippen molar-refractivity contribution in [2.45, 2.75) is 26.4 Å². The number of amides is 1. The Morgan fingerprint density at radius 2 is 2.00 bits per heavy atom. The number of rotatable bonds is 10. The molecule has 0 radical (unpaired) electrons. The number of benzene rings is 1. The van der Waals surface area contributed by atoms with Gasteiger partial charge in [0.1, 0.15) is 11.9 Å². The fraction of sp³-hybridized carbons (Fsp3) is 0.394. The van der Waals surface area contributed by atoms with Gasteiger partial charge < -0.3 is 35.9 Å². The minimum atomic E-state index is -0.458. The number of aromatic amines is 1. The maximum Gasteiger partial charge on any atom is 0.318 e. The Labute approximate surface area is 278 Å². The van der Waals surface area contributed by atoms with Crippen molar-refractivity contribution < 1.29 is 13.9 Å². The second-order valence-corrected chi connectivity index (χ2v) is 12.2. The Balaban J connectivity index is 1.09. The van der Waals surface area contributed by atoms with E-state index in [1.807, 2.05) is 62.1 Å². The normalized spacial score (nSPS) is 18.0. The van der Waals surface area contributed by atoms with E-state index in [0.717, 1.165) is 40.8 Å². The number of fused-ring (bicyclic) bond motifs is 1. The third-order valence-corrected chi connectivity index (χ3v) is 8.57. The number of halogens is 1. The van der Waals surface area contributed by atoms with Crippen LogP contribution < -0.4 is 26.0 Å². The molecule has 48 heavy (non-hydrogen) atoms. The second kappa shape index (κ2) is 14.3. The summed E-state index contributed by atoms with van der Waals surface area (Å²) in [6, 6.07) is 5.88. The highest BCUT2D eigenvalue weighted by molar-refractivity contribution is 6.06. The number of nitrogens with zero attached hydrogens (tertiary/aromatic N) is 8. The van der Waals surface area contributed by atoms with E-state index in [4.69, 9.17) is 10.5 Å². The van der Waals surface area contributed by atoms with Crippen LogP contribution in [0.1, 0.15) is 18.9 Å². The summed E-state index contributed by atoms with van der Waals surface area (Å²) in [6.45, 7) is 8.26. The lowest BCUT2D eigenvalue weighted by molar-refractivity contribution is -0.117. The molecule has 1 aromatic carbocycles. The van der Waals surface area contributed by atoms with Crippen molar-refractivity contribution in [1.82, 2.24) is 40.0 Å². The smallest absolute Gasteiger partial charge is 0.318 e. The number of allylic oxidation sites excluding steroid dienone is 1. The molecule has 2 saturated heterocycles. The number of likely N-dealkylation sites (N-methyl/N-ethyl adjacent to an activating group) is 1. The monoisotopic (exact) mass is 656 g/mol. The molecule has 0 bridgehead atoms. The van der Waals surface area contributed by atoms with Gasteiger partial charge in [0.05, 0.1) is 29.6 Å². The van der Waals surface area contributed by atoms with Crippen LogP contribution in [0.25, 0.3) is 22.2 Å². The number of piperazine rings is 1. The number of likely N-dealkylation sites (tertiary alicyclic amines) is 1. The maximum absolute atomic E-state index is 14.5. The van der Waals surface area contributed by atoms with Crippen molar-refractivity contribution in [3.8, 4) is 17.3 Å². The number of aromatic nitrogens is 5. The van der Waals surface area contributed by atoms with Crippen LogP contribution in [-0.4, -0.2) is 112 Å². The lowest BCUT2D eigenvalue weighted by Gasteiger charge is -2.33. The zero-order valence-electron chi connectivity index (χ0n) is 27.6.